The van der Waals surface area contributed by atoms with Crippen molar-refractivity contribution in [2.24, 2.45) is 23.5 Å². The summed E-state index contributed by atoms with van der Waals surface area (Å²) in [6.45, 7) is 10.4. The van der Waals surface area contributed by atoms with E-state index in [1.165, 1.54) is 21.3 Å². The Bertz CT molecular complexity index is 1340. The number of rotatable bonds is 22. The number of methoxy groups -OCH3 is 3. The molecule has 4 N–H and O–H groups in total. The van der Waals surface area contributed by atoms with Gasteiger partial charge in [0.2, 0.25) is 23.6 Å². The molecule has 4 amide bonds. The third-order valence-corrected chi connectivity index (χ3v) is 10.9. The second kappa shape index (κ2) is 22.7. The molecule has 1 aromatic rings. The molecule has 306 valence electrons. The van der Waals surface area contributed by atoms with Crippen LogP contribution < -0.4 is 16.4 Å². The van der Waals surface area contributed by atoms with Crippen LogP contribution >= 0.6 is 0 Å². The molecule has 1 fully saturated rings. The Morgan fingerprint density at radius 1 is 0.926 bits per heavy atom. The molecule has 1 saturated heterocycles. The number of hydrogen-bond acceptors (Lipinski definition) is 10. The van der Waals surface area contributed by atoms with Crippen LogP contribution in [0.3, 0.4) is 0 Å². The van der Waals surface area contributed by atoms with Crippen molar-refractivity contribution in [3.05, 3.63) is 35.9 Å². The summed E-state index contributed by atoms with van der Waals surface area (Å²) in [6.07, 6.45) is 1.24. The van der Waals surface area contributed by atoms with Gasteiger partial charge in [0.1, 0.15) is 12.1 Å². The summed E-state index contributed by atoms with van der Waals surface area (Å²) in [5.41, 5.74) is 6.79. The molecule has 14 nitrogen and oxygen atoms in total. The van der Waals surface area contributed by atoms with E-state index >= 15 is 0 Å². The number of likely N-dealkylation sites (tertiary alicyclic amines) is 1. The maximum atomic E-state index is 14.2. The van der Waals surface area contributed by atoms with Crippen LogP contribution in [-0.4, -0.2) is 142 Å². The van der Waals surface area contributed by atoms with Gasteiger partial charge in [-0.2, -0.15) is 0 Å². The Labute approximate surface area is 323 Å². The van der Waals surface area contributed by atoms with Gasteiger partial charge < -0.3 is 40.4 Å². The zero-order chi connectivity index (χ0) is 40.7. The van der Waals surface area contributed by atoms with E-state index in [9.17, 15) is 24.0 Å². The molecule has 0 aromatic heterocycles. The normalized spacial score (nSPS) is 18.9. The van der Waals surface area contributed by atoms with Gasteiger partial charge in [-0.3, -0.25) is 24.1 Å². The van der Waals surface area contributed by atoms with Gasteiger partial charge in [0.05, 0.1) is 49.8 Å². The fraction of sp³-hybridized carbons (Fsp3) is 0.725. The summed E-state index contributed by atoms with van der Waals surface area (Å²) in [4.78, 5) is 73.2. The third kappa shape index (κ3) is 12.5. The van der Waals surface area contributed by atoms with Gasteiger partial charge in [-0.1, -0.05) is 71.4 Å². The average Bonchev–Trinajstić information content (AvgIpc) is 3.63. The number of esters is 1. The first-order valence-corrected chi connectivity index (χ1v) is 19.3. The van der Waals surface area contributed by atoms with Crippen molar-refractivity contribution in [3.63, 3.8) is 0 Å². The van der Waals surface area contributed by atoms with Crippen LogP contribution in [0.25, 0.3) is 0 Å². The standard InChI is InChI=1S/C40H68N6O8/c1-12-26(4)35(45(8)39(50)29(20-21-41)42-38(49)34(25(2)3)44(6)7)32(52-9)24-33(47)46-22-16-19-31(46)36(53-10)27(5)37(48)43-30(40(51)54-11)23-28-17-14-13-15-18-28/h13-15,17-18,25-27,29-32,34-36H,12,16,19-24,41H2,1-11H3,(H,42,49)(H,43,48)/t26-,27+,29-,30-,31-,32+,34-,35-,36+/m0/s1. The smallest absolute Gasteiger partial charge is 0.328 e. The molecule has 0 unspecified atom stereocenters. The number of carbonyl (C=O) groups is 5. The number of likely N-dealkylation sites (N-methyl/N-ethyl adjacent to an activating group) is 2. The number of nitrogens with two attached hydrogens (primary N) is 1. The number of nitrogens with zero attached hydrogens (tertiary/aromatic N) is 3. The molecule has 2 rings (SSSR count). The topological polar surface area (TPSA) is 173 Å². The van der Waals surface area contributed by atoms with Crippen LogP contribution in [0.4, 0.5) is 0 Å². The molecule has 14 heteroatoms. The lowest BCUT2D eigenvalue weighted by molar-refractivity contribution is -0.148. The highest BCUT2D eigenvalue weighted by Crippen LogP contribution is 2.29. The highest BCUT2D eigenvalue weighted by Gasteiger charge is 2.43. The maximum absolute atomic E-state index is 14.2. The largest absolute Gasteiger partial charge is 0.467 e. The van der Waals surface area contributed by atoms with E-state index in [1.807, 2.05) is 77.0 Å². The summed E-state index contributed by atoms with van der Waals surface area (Å²) in [7, 11) is 9.70. The van der Waals surface area contributed by atoms with Gasteiger partial charge >= 0.3 is 5.97 Å². The lowest BCUT2D eigenvalue weighted by Crippen LogP contribution is -2.59. The Morgan fingerprint density at radius 2 is 1.56 bits per heavy atom. The number of hydrogen-bond donors (Lipinski definition) is 3. The predicted molar refractivity (Wildman–Crippen MR) is 208 cm³/mol. The van der Waals surface area contributed by atoms with Gasteiger partial charge in [0.25, 0.3) is 0 Å². The van der Waals surface area contributed by atoms with Gasteiger partial charge in [-0.05, 0) is 57.3 Å². The van der Waals surface area contributed by atoms with Crippen molar-refractivity contribution in [2.75, 3.05) is 55.6 Å². The molecule has 0 aliphatic carbocycles. The number of carbonyl (C=O) groups excluding carboxylic acids is 5. The first-order valence-electron chi connectivity index (χ1n) is 19.3. The molecule has 1 heterocycles. The van der Waals surface area contributed by atoms with Crippen molar-refractivity contribution in [1.29, 1.82) is 0 Å². The van der Waals surface area contributed by atoms with Crippen molar-refractivity contribution in [1.82, 2.24) is 25.3 Å². The number of amides is 4. The molecule has 0 saturated carbocycles. The van der Waals surface area contributed by atoms with Crippen molar-refractivity contribution >= 4 is 29.6 Å². The molecular weight excluding hydrogens is 692 g/mol. The molecule has 0 radical (unpaired) electrons. The summed E-state index contributed by atoms with van der Waals surface area (Å²) in [5, 5.41) is 5.81. The average molecular weight is 761 g/mol. The molecule has 54 heavy (non-hydrogen) atoms. The number of nitrogens with one attached hydrogen (secondary N) is 2. The first kappa shape index (κ1) is 46.6. The highest BCUT2D eigenvalue weighted by atomic mass is 16.5. The van der Waals surface area contributed by atoms with E-state index in [2.05, 4.69) is 10.6 Å². The minimum absolute atomic E-state index is 0.0118. The predicted octanol–water partition coefficient (Wildman–Crippen LogP) is 2.23. The molecule has 9 atom stereocenters. The SMILES string of the molecule is CC[C@H](C)[C@@H]([C@@H](CC(=O)N1CCC[C@H]1[C@H](OC)[C@@H](C)C(=O)N[C@@H](Cc1ccccc1)C(=O)OC)OC)N(C)C(=O)[C@H](CCN)NC(=O)[C@H](C(C)C)N(C)C. The first-order chi connectivity index (χ1) is 25.6. The van der Waals surface area contributed by atoms with Gasteiger partial charge in [0.15, 0.2) is 0 Å². The maximum Gasteiger partial charge on any atom is 0.328 e. The Hall–Kier alpha value is -3.59. The molecule has 0 bridgehead atoms. The van der Waals surface area contributed by atoms with Crippen LogP contribution in [0.15, 0.2) is 30.3 Å². The van der Waals surface area contributed by atoms with Crippen LogP contribution in [-0.2, 0) is 44.6 Å². The van der Waals surface area contributed by atoms with Gasteiger partial charge in [-0.25, -0.2) is 4.79 Å². The van der Waals surface area contributed by atoms with Crippen molar-refractivity contribution < 1.29 is 38.2 Å². The van der Waals surface area contributed by atoms with E-state index in [0.717, 1.165) is 12.0 Å². The molecule has 1 aromatic carbocycles. The Morgan fingerprint density at radius 3 is 2.07 bits per heavy atom. The minimum Gasteiger partial charge on any atom is -0.467 e. The van der Waals surface area contributed by atoms with E-state index in [4.69, 9.17) is 19.9 Å². The number of ether oxygens (including phenoxy) is 3. The summed E-state index contributed by atoms with van der Waals surface area (Å²) in [6, 6.07) is 6.29. The van der Waals surface area contributed by atoms with Crippen LogP contribution in [0.1, 0.15) is 72.3 Å². The zero-order valence-corrected chi connectivity index (χ0v) is 34.5. The Balaban J connectivity index is 2.28. The summed E-state index contributed by atoms with van der Waals surface area (Å²) >= 11 is 0. The zero-order valence-electron chi connectivity index (χ0n) is 34.5. The van der Waals surface area contributed by atoms with Crippen LogP contribution in [0.5, 0.6) is 0 Å². The monoisotopic (exact) mass is 761 g/mol. The summed E-state index contributed by atoms with van der Waals surface area (Å²) < 4.78 is 16.9. The molecular formula is C40H68N6O8. The van der Waals surface area contributed by atoms with E-state index in [-0.39, 0.29) is 61.3 Å². The van der Waals surface area contributed by atoms with Gasteiger partial charge in [0, 0.05) is 34.2 Å². The highest BCUT2D eigenvalue weighted by molar-refractivity contribution is 5.90. The van der Waals surface area contributed by atoms with Gasteiger partial charge in [-0.15, -0.1) is 0 Å². The fourth-order valence-electron chi connectivity index (χ4n) is 7.86. The quantitative estimate of drug-likeness (QED) is 0.149. The lowest BCUT2D eigenvalue weighted by atomic mass is 9.89. The summed E-state index contributed by atoms with van der Waals surface area (Å²) in [5.74, 6) is -2.41. The van der Waals surface area contributed by atoms with Crippen LogP contribution in [0, 0.1) is 17.8 Å². The van der Waals surface area contributed by atoms with Crippen molar-refractivity contribution in [2.45, 2.75) is 116 Å². The molecule has 0 spiro atoms. The molecule has 1 aliphatic heterocycles. The fourth-order valence-corrected chi connectivity index (χ4v) is 7.86. The number of benzene rings is 1. The minimum atomic E-state index is -0.895. The second-order valence-electron chi connectivity index (χ2n) is 15.2. The Kier molecular flexibility index (Phi) is 19.6. The van der Waals surface area contributed by atoms with Crippen molar-refractivity contribution in [3.8, 4) is 0 Å². The molecule has 1 aliphatic rings. The van der Waals surface area contributed by atoms with E-state index in [0.29, 0.717) is 19.4 Å². The lowest BCUT2D eigenvalue weighted by Gasteiger charge is -2.40. The van der Waals surface area contributed by atoms with Crippen LogP contribution in [0.2, 0.25) is 0 Å². The third-order valence-electron chi connectivity index (χ3n) is 10.9. The second-order valence-corrected chi connectivity index (χ2v) is 15.2. The van der Waals surface area contributed by atoms with E-state index < -0.39 is 54.3 Å². The van der Waals surface area contributed by atoms with E-state index in [1.54, 1.807) is 23.8 Å².